The summed E-state index contributed by atoms with van der Waals surface area (Å²) >= 11 is 0. The van der Waals surface area contributed by atoms with Gasteiger partial charge in [-0.05, 0) is 37.3 Å². The molecule has 0 aliphatic carbocycles. The molecule has 154 valence electrons. The van der Waals surface area contributed by atoms with Crippen LogP contribution in [-0.4, -0.2) is 54.3 Å². The number of piperidine rings is 1. The van der Waals surface area contributed by atoms with Crippen LogP contribution in [0.25, 0.3) is 0 Å². The number of benzene rings is 2. The molecular formula is C22H25NO6. The SMILES string of the molecule is CCOc1cc(C(=O)N2CCC(Oc3ccccc3)CC2)ccc1OCC(=O)O. The summed E-state index contributed by atoms with van der Waals surface area (Å²) in [5, 5.41) is 8.79. The van der Waals surface area contributed by atoms with E-state index in [2.05, 4.69) is 0 Å². The monoisotopic (exact) mass is 399 g/mol. The number of nitrogens with zero attached hydrogens (tertiary/aromatic N) is 1. The highest BCUT2D eigenvalue weighted by atomic mass is 16.5. The number of likely N-dealkylation sites (tertiary alicyclic amines) is 1. The van der Waals surface area contributed by atoms with Gasteiger partial charge in [-0.2, -0.15) is 0 Å². The largest absolute Gasteiger partial charge is 0.490 e. The van der Waals surface area contributed by atoms with E-state index in [1.807, 2.05) is 37.3 Å². The number of rotatable bonds is 8. The number of para-hydroxylation sites is 1. The molecule has 7 heteroatoms. The van der Waals surface area contributed by atoms with Gasteiger partial charge in [0.1, 0.15) is 11.9 Å². The zero-order valence-electron chi connectivity index (χ0n) is 16.4. The van der Waals surface area contributed by atoms with E-state index < -0.39 is 12.6 Å². The van der Waals surface area contributed by atoms with Crippen molar-refractivity contribution in [3.05, 3.63) is 54.1 Å². The molecule has 0 bridgehead atoms. The first-order chi connectivity index (χ1) is 14.1. The number of aliphatic carboxylic acids is 1. The zero-order valence-corrected chi connectivity index (χ0v) is 16.4. The molecule has 1 heterocycles. The molecule has 3 rings (SSSR count). The number of carboxylic acids is 1. The van der Waals surface area contributed by atoms with Crippen molar-refractivity contribution in [3.8, 4) is 17.2 Å². The van der Waals surface area contributed by atoms with Gasteiger partial charge < -0.3 is 24.2 Å². The average Bonchev–Trinajstić information content (AvgIpc) is 2.74. The highest BCUT2D eigenvalue weighted by Gasteiger charge is 2.25. The maximum absolute atomic E-state index is 12.9. The second kappa shape index (κ2) is 9.82. The summed E-state index contributed by atoms with van der Waals surface area (Å²) in [6, 6.07) is 14.5. The third-order valence-electron chi connectivity index (χ3n) is 4.62. The molecule has 1 aliphatic heterocycles. The third-order valence-corrected chi connectivity index (χ3v) is 4.62. The molecule has 0 aromatic heterocycles. The van der Waals surface area contributed by atoms with Crippen LogP contribution in [-0.2, 0) is 4.79 Å². The number of carbonyl (C=O) groups excluding carboxylic acids is 1. The predicted molar refractivity (Wildman–Crippen MR) is 107 cm³/mol. The summed E-state index contributed by atoms with van der Waals surface area (Å²) in [6.45, 7) is 2.94. The van der Waals surface area contributed by atoms with Crippen LogP contribution in [0.5, 0.6) is 17.2 Å². The smallest absolute Gasteiger partial charge is 0.341 e. The second-order valence-electron chi connectivity index (χ2n) is 6.70. The van der Waals surface area contributed by atoms with Crippen LogP contribution in [0.3, 0.4) is 0 Å². The van der Waals surface area contributed by atoms with Gasteiger partial charge in [0.2, 0.25) is 0 Å². The summed E-state index contributed by atoms with van der Waals surface area (Å²) in [7, 11) is 0. The minimum absolute atomic E-state index is 0.0890. The Hall–Kier alpha value is -3.22. The molecule has 0 saturated carbocycles. The van der Waals surface area contributed by atoms with Crippen LogP contribution >= 0.6 is 0 Å². The Kier molecular flexibility index (Phi) is 6.94. The summed E-state index contributed by atoms with van der Waals surface area (Å²) in [6.07, 6.45) is 1.62. The van der Waals surface area contributed by atoms with Crippen LogP contribution in [0.2, 0.25) is 0 Å². The Labute approximate surface area is 169 Å². The first-order valence-corrected chi connectivity index (χ1v) is 9.69. The number of amides is 1. The Morgan fingerprint density at radius 2 is 1.76 bits per heavy atom. The third kappa shape index (κ3) is 5.63. The summed E-state index contributed by atoms with van der Waals surface area (Å²) < 4.78 is 16.7. The van der Waals surface area contributed by atoms with E-state index in [9.17, 15) is 9.59 Å². The molecular weight excluding hydrogens is 374 g/mol. The van der Waals surface area contributed by atoms with Crippen molar-refractivity contribution in [1.82, 2.24) is 4.90 Å². The van der Waals surface area contributed by atoms with Gasteiger partial charge in [-0.1, -0.05) is 18.2 Å². The topological polar surface area (TPSA) is 85.3 Å². The maximum atomic E-state index is 12.9. The van der Waals surface area contributed by atoms with E-state index in [-0.39, 0.29) is 12.0 Å². The van der Waals surface area contributed by atoms with Gasteiger partial charge in [0.05, 0.1) is 6.61 Å². The van der Waals surface area contributed by atoms with Crippen LogP contribution in [0.1, 0.15) is 30.1 Å². The summed E-state index contributed by atoms with van der Waals surface area (Å²) in [4.78, 5) is 25.4. The quantitative estimate of drug-likeness (QED) is 0.734. The van der Waals surface area contributed by atoms with Crippen LogP contribution in [0.15, 0.2) is 48.5 Å². The normalized spacial score (nSPS) is 14.3. The Morgan fingerprint density at radius 1 is 1.03 bits per heavy atom. The van der Waals surface area contributed by atoms with Gasteiger partial charge in [-0.3, -0.25) is 4.79 Å². The fraction of sp³-hybridized carbons (Fsp3) is 0.364. The van der Waals surface area contributed by atoms with Gasteiger partial charge >= 0.3 is 5.97 Å². The first-order valence-electron chi connectivity index (χ1n) is 9.69. The summed E-state index contributed by atoms with van der Waals surface area (Å²) in [5.74, 6) is 0.348. The Morgan fingerprint density at radius 3 is 2.41 bits per heavy atom. The van der Waals surface area contributed by atoms with Crippen molar-refractivity contribution in [2.75, 3.05) is 26.3 Å². The molecule has 1 saturated heterocycles. The van der Waals surface area contributed by atoms with Crippen LogP contribution < -0.4 is 14.2 Å². The maximum Gasteiger partial charge on any atom is 0.341 e. The number of carbonyl (C=O) groups is 2. The van der Waals surface area contributed by atoms with Crippen LogP contribution in [0, 0.1) is 0 Å². The van der Waals surface area contributed by atoms with Gasteiger partial charge in [0.15, 0.2) is 18.1 Å². The lowest BCUT2D eigenvalue weighted by Gasteiger charge is -2.32. The molecule has 0 unspecified atom stereocenters. The van der Waals surface area contributed by atoms with Gasteiger partial charge in [-0.15, -0.1) is 0 Å². The van der Waals surface area contributed by atoms with E-state index in [1.54, 1.807) is 23.1 Å². The van der Waals surface area contributed by atoms with Crippen molar-refractivity contribution >= 4 is 11.9 Å². The van der Waals surface area contributed by atoms with Gasteiger partial charge in [0, 0.05) is 31.5 Å². The molecule has 0 radical (unpaired) electrons. The van der Waals surface area contributed by atoms with Crippen molar-refractivity contribution < 1.29 is 28.9 Å². The first kappa shape index (κ1) is 20.5. The predicted octanol–water partition coefficient (Wildman–Crippen LogP) is 3.23. The second-order valence-corrected chi connectivity index (χ2v) is 6.70. The van der Waals surface area contributed by atoms with E-state index >= 15 is 0 Å². The fourth-order valence-corrected chi connectivity index (χ4v) is 3.22. The molecule has 1 fully saturated rings. The number of hydrogen-bond acceptors (Lipinski definition) is 5. The van der Waals surface area contributed by atoms with E-state index in [0.717, 1.165) is 18.6 Å². The van der Waals surface area contributed by atoms with Crippen molar-refractivity contribution in [1.29, 1.82) is 0 Å². The number of ether oxygens (including phenoxy) is 3. The fourth-order valence-electron chi connectivity index (χ4n) is 3.22. The highest BCUT2D eigenvalue weighted by molar-refractivity contribution is 5.95. The lowest BCUT2D eigenvalue weighted by atomic mass is 10.1. The Bertz CT molecular complexity index is 830. The number of carboxylic acid groups (broad SMARTS) is 1. The zero-order chi connectivity index (χ0) is 20.6. The minimum atomic E-state index is -1.08. The van der Waals surface area contributed by atoms with Crippen molar-refractivity contribution in [2.24, 2.45) is 0 Å². The molecule has 7 nitrogen and oxygen atoms in total. The molecule has 2 aromatic carbocycles. The van der Waals surface area contributed by atoms with Gasteiger partial charge in [-0.25, -0.2) is 4.79 Å². The van der Waals surface area contributed by atoms with E-state index in [0.29, 0.717) is 36.8 Å². The minimum Gasteiger partial charge on any atom is -0.490 e. The molecule has 1 aliphatic rings. The lowest BCUT2D eigenvalue weighted by Crippen LogP contribution is -2.41. The highest BCUT2D eigenvalue weighted by Crippen LogP contribution is 2.29. The molecule has 29 heavy (non-hydrogen) atoms. The molecule has 0 spiro atoms. The Balaban J connectivity index is 1.61. The van der Waals surface area contributed by atoms with Crippen LogP contribution in [0.4, 0.5) is 0 Å². The lowest BCUT2D eigenvalue weighted by molar-refractivity contribution is -0.139. The standard InChI is InChI=1S/C22H25NO6/c1-2-27-20-14-16(8-9-19(20)28-15-21(24)25)22(26)23-12-10-18(11-13-23)29-17-6-4-3-5-7-17/h3-9,14,18H,2,10-13,15H2,1H3,(H,24,25). The van der Waals surface area contributed by atoms with Crippen molar-refractivity contribution in [3.63, 3.8) is 0 Å². The van der Waals surface area contributed by atoms with E-state index in [4.69, 9.17) is 19.3 Å². The van der Waals surface area contributed by atoms with E-state index in [1.165, 1.54) is 0 Å². The molecule has 1 amide bonds. The van der Waals surface area contributed by atoms with Crippen molar-refractivity contribution in [2.45, 2.75) is 25.9 Å². The molecule has 2 aromatic rings. The molecule has 0 atom stereocenters. The molecule has 1 N–H and O–H groups in total. The van der Waals surface area contributed by atoms with Gasteiger partial charge in [0.25, 0.3) is 5.91 Å². The number of hydrogen-bond donors (Lipinski definition) is 1. The average molecular weight is 399 g/mol. The summed E-state index contributed by atoms with van der Waals surface area (Å²) in [5.41, 5.74) is 0.485.